The van der Waals surface area contributed by atoms with Gasteiger partial charge < -0.3 is 4.74 Å². The standard InChI is InChI=1S/C21H20ClN3O6S3/c22-19-9-10-20(32-19)33(27,28)24-23-21(26)18-4-2-1-3-17(18)15-5-7-16(8-6-15)34(29,30)25-11-13-31-14-12-25/h1-10,24H,11-14H2,(H,23,26). The van der Waals surface area contributed by atoms with E-state index in [1.807, 2.05) is 0 Å². The summed E-state index contributed by atoms with van der Waals surface area (Å²) >= 11 is 6.65. The zero-order valence-corrected chi connectivity index (χ0v) is 20.8. The van der Waals surface area contributed by atoms with Gasteiger partial charge in [-0.1, -0.05) is 41.9 Å². The molecule has 0 radical (unpaired) electrons. The highest BCUT2D eigenvalue weighted by Crippen LogP contribution is 2.27. The van der Waals surface area contributed by atoms with Crippen molar-refractivity contribution in [3.05, 3.63) is 70.6 Å². The second-order valence-corrected chi connectivity index (χ2v) is 12.8. The van der Waals surface area contributed by atoms with E-state index in [9.17, 15) is 21.6 Å². The monoisotopic (exact) mass is 541 g/mol. The number of carbonyl (C=O) groups is 1. The van der Waals surface area contributed by atoms with Gasteiger partial charge in [-0.15, -0.1) is 16.2 Å². The van der Waals surface area contributed by atoms with Crippen molar-refractivity contribution in [2.24, 2.45) is 0 Å². The van der Waals surface area contributed by atoms with Gasteiger partial charge in [-0.2, -0.15) is 4.31 Å². The van der Waals surface area contributed by atoms with Gasteiger partial charge in [0.1, 0.15) is 4.21 Å². The molecule has 13 heteroatoms. The summed E-state index contributed by atoms with van der Waals surface area (Å²) in [7, 11) is -7.63. The Balaban J connectivity index is 1.53. The van der Waals surface area contributed by atoms with Crippen LogP contribution in [0.4, 0.5) is 0 Å². The maximum atomic E-state index is 12.8. The van der Waals surface area contributed by atoms with Gasteiger partial charge in [-0.05, 0) is 41.5 Å². The summed E-state index contributed by atoms with van der Waals surface area (Å²) < 4.78 is 57.3. The Morgan fingerprint density at radius 2 is 1.62 bits per heavy atom. The number of rotatable bonds is 7. The van der Waals surface area contributed by atoms with Crippen LogP contribution in [0.2, 0.25) is 4.34 Å². The molecule has 2 heterocycles. The minimum Gasteiger partial charge on any atom is -0.379 e. The molecule has 1 aromatic heterocycles. The second kappa shape index (κ2) is 10.1. The summed E-state index contributed by atoms with van der Waals surface area (Å²) in [6.07, 6.45) is 0. The molecule has 1 amide bonds. The third-order valence-corrected chi connectivity index (χ3v) is 9.94. The van der Waals surface area contributed by atoms with E-state index in [0.29, 0.717) is 41.8 Å². The number of thiophene rings is 1. The number of nitrogens with one attached hydrogen (secondary N) is 2. The number of sulfonamides is 2. The average Bonchev–Trinajstić information content (AvgIpc) is 3.30. The molecule has 34 heavy (non-hydrogen) atoms. The molecule has 180 valence electrons. The lowest BCUT2D eigenvalue weighted by atomic mass is 9.99. The third-order valence-electron chi connectivity index (χ3n) is 5.06. The van der Waals surface area contributed by atoms with Gasteiger partial charge in [0, 0.05) is 18.7 Å². The van der Waals surface area contributed by atoms with Crippen molar-refractivity contribution in [1.82, 2.24) is 14.6 Å². The minimum atomic E-state index is -3.98. The first kappa shape index (κ1) is 24.8. The Bertz CT molecular complexity index is 1400. The molecular weight excluding hydrogens is 522 g/mol. The van der Waals surface area contributed by atoms with Crippen molar-refractivity contribution in [2.75, 3.05) is 26.3 Å². The Labute approximate surface area is 206 Å². The number of morpholine rings is 1. The Kier molecular flexibility index (Phi) is 7.38. The molecule has 1 fully saturated rings. The van der Waals surface area contributed by atoms with Crippen LogP contribution in [0.5, 0.6) is 0 Å². The number of carbonyl (C=O) groups excluding carboxylic acids is 1. The predicted octanol–water partition coefficient (Wildman–Crippen LogP) is 2.71. The second-order valence-electron chi connectivity index (χ2n) is 7.20. The molecule has 0 aliphatic carbocycles. The maximum absolute atomic E-state index is 12.8. The molecule has 1 aliphatic heterocycles. The van der Waals surface area contributed by atoms with Crippen LogP contribution in [0.15, 0.2) is 69.8 Å². The first-order chi connectivity index (χ1) is 16.2. The lowest BCUT2D eigenvalue weighted by Gasteiger charge is -2.26. The van der Waals surface area contributed by atoms with Crippen LogP contribution in [-0.2, 0) is 24.8 Å². The van der Waals surface area contributed by atoms with E-state index in [1.165, 1.54) is 28.6 Å². The molecule has 2 aromatic carbocycles. The molecule has 9 nitrogen and oxygen atoms in total. The zero-order chi connectivity index (χ0) is 24.3. The Hall–Kier alpha value is -2.32. The van der Waals surface area contributed by atoms with Crippen LogP contribution in [0.25, 0.3) is 11.1 Å². The first-order valence-electron chi connectivity index (χ1n) is 10.0. The van der Waals surface area contributed by atoms with Gasteiger partial charge in [0.25, 0.3) is 15.9 Å². The average molecular weight is 542 g/mol. The molecule has 0 bridgehead atoms. The Morgan fingerprint density at radius 3 is 2.26 bits per heavy atom. The number of hydrazine groups is 1. The van der Waals surface area contributed by atoms with Crippen LogP contribution in [0.1, 0.15) is 10.4 Å². The van der Waals surface area contributed by atoms with Gasteiger partial charge in [-0.3, -0.25) is 10.2 Å². The molecule has 0 spiro atoms. The van der Waals surface area contributed by atoms with Gasteiger partial charge in [0.05, 0.1) is 22.4 Å². The van der Waals surface area contributed by atoms with E-state index >= 15 is 0 Å². The normalized spacial score (nSPS) is 15.2. The summed E-state index contributed by atoms with van der Waals surface area (Å²) in [4.78, 5) is 15.0. The van der Waals surface area contributed by atoms with Crippen molar-refractivity contribution in [2.45, 2.75) is 9.10 Å². The summed E-state index contributed by atoms with van der Waals surface area (Å²) in [6, 6.07) is 15.6. The van der Waals surface area contributed by atoms with Crippen LogP contribution >= 0.6 is 22.9 Å². The summed E-state index contributed by atoms with van der Waals surface area (Å²) in [5, 5.41) is 0. The van der Waals surface area contributed by atoms with Crippen LogP contribution < -0.4 is 10.3 Å². The van der Waals surface area contributed by atoms with Crippen molar-refractivity contribution in [3.63, 3.8) is 0 Å². The van der Waals surface area contributed by atoms with Crippen molar-refractivity contribution in [3.8, 4) is 11.1 Å². The third kappa shape index (κ3) is 5.33. The number of hydrogen-bond donors (Lipinski definition) is 2. The van der Waals surface area contributed by atoms with Crippen molar-refractivity contribution in [1.29, 1.82) is 0 Å². The van der Waals surface area contributed by atoms with E-state index in [4.69, 9.17) is 16.3 Å². The fourth-order valence-corrected chi connectivity index (χ4v) is 7.08. The van der Waals surface area contributed by atoms with Gasteiger partial charge in [0.2, 0.25) is 10.0 Å². The Morgan fingerprint density at radius 1 is 0.941 bits per heavy atom. The molecule has 1 aliphatic rings. The van der Waals surface area contributed by atoms with Crippen LogP contribution in [0.3, 0.4) is 0 Å². The largest absolute Gasteiger partial charge is 0.379 e. The van der Waals surface area contributed by atoms with Crippen LogP contribution in [-0.4, -0.2) is 53.4 Å². The molecule has 0 atom stereocenters. The quantitative estimate of drug-likeness (QED) is 0.443. The van der Waals surface area contributed by atoms with Gasteiger partial charge in [0.15, 0.2) is 0 Å². The van der Waals surface area contributed by atoms with E-state index < -0.39 is 26.0 Å². The van der Waals surface area contributed by atoms with E-state index in [1.54, 1.807) is 36.4 Å². The lowest BCUT2D eigenvalue weighted by Crippen LogP contribution is -2.41. The number of nitrogens with zero attached hydrogens (tertiary/aromatic N) is 1. The predicted molar refractivity (Wildman–Crippen MR) is 129 cm³/mol. The molecule has 0 unspecified atom stereocenters. The lowest BCUT2D eigenvalue weighted by molar-refractivity contribution is 0.0730. The van der Waals surface area contributed by atoms with E-state index in [-0.39, 0.29) is 14.7 Å². The topological polar surface area (TPSA) is 122 Å². The fraction of sp³-hybridized carbons (Fsp3) is 0.190. The zero-order valence-electron chi connectivity index (χ0n) is 17.6. The van der Waals surface area contributed by atoms with Crippen molar-refractivity contribution < 1.29 is 26.4 Å². The number of ether oxygens (including phenoxy) is 1. The molecule has 0 saturated carbocycles. The number of amides is 1. The number of hydrogen-bond acceptors (Lipinski definition) is 7. The first-order valence-corrected chi connectivity index (χ1v) is 14.1. The van der Waals surface area contributed by atoms with E-state index in [0.717, 1.165) is 11.3 Å². The van der Waals surface area contributed by atoms with Crippen LogP contribution in [0, 0.1) is 0 Å². The summed E-state index contributed by atoms with van der Waals surface area (Å²) in [5.41, 5.74) is 3.52. The SMILES string of the molecule is O=C(NNS(=O)(=O)c1ccc(Cl)s1)c1ccccc1-c1ccc(S(=O)(=O)N2CCOCC2)cc1. The van der Waals surface area contributed by atoms with Crippen molar-refractivity contribution >= 4 is 48.9 Å². The molecule has 1 saturated heterocycles. The summed E-state index contributed by atoms with van der Waals surface area (Å²) in [6.45, 7) is 1.29. The molecule has 2 N–H and O–H groups in total. The minimum absolute atomic E-state index is 0.0387. The molecule has 3 aromatic rings. The fourth-order valence-electron chi connectivity index (χ4n) is 3.35. The van der Waals surface area contributed by atoms with Gasteiger partial charge >= 0.3 is 0 Å². The maximum Gasteiger partial charge on any atom is 0.266 e. The highest BCUT2D eigenvalue weighted by Gasteiger charge is 2.26. The summed E-state index contributed by atoms with van der Waals surface area (Å²) in [5.74, 6) is -0.674. The molecular formula is C21H20ClN3O6S3. The van der Waals surface area contributed by atoms with E-state index in [2.05, 4.69) is 10.3 Å². The smallest absolute Gasteiger partial charge is 0.266 e. The number of halogens is 1. The molecule has 4 rings (SSSR count). The number of benzene rings is 2. The highest BCUT2D eigenvalue weighted by molar-refractivity contribution is 7.91. The highest BCUT2D eigenvalue weighted by atomic mass is 35.5. The van der Waals surface area contributed by atoms with Gasteiger partial charge in [-0.25, -0.2) is 16.8 Å².